The second kappa shape index (κ2) is 22.3. The summed E-state index contributed by atoms with van der Waals surface area (Å²) >= 11 is 0. The maximum absolute atomic E-state index is 14.0. The molecule has 4 aromatic carbocycles. The molecule has 4 amide bonds. The first-order valence-corrected chi connectivity index (χ1v) is 26.7. The van der Waals surface area contributed by atoms with E-state index in [-0.39, 0.29) is 62.6 Å². The molecule has 0 bridgehead atoms. The van der Waals surface area contributed by atoms with Crippen molar-refractivity contribution in [2.24, 2.45) is 0 Å². The molecule has 3 N–H and O–H groups in total. The lowest BCUT2D eigenvalue weighted by Crippen LogP contribution is -2.49. The van der Waals surface area contributed by atoms with Gasteiger partial charge >= 0.3 is 24.4 Å². The number of benzene rings is 4. The second-order valence-electron chi connectivity index (χ2n) is 21.0. The lowest BCUT2D eigenvalue weighted by Gasteiger charge is -2.35. The van der Waals surface area contributed by atoms with Crippen molar-refractivity contribution in [1.29, 1.82) is 0 Å². The first-order valence-electron chi connectivity index (χ1n) is 24.8. The minimum atomic E-state index is -3.89. The number of H-pyrrole nitrogens is 2. The van der Waals surface area contributed by atoms with Crippen molar-refractivity contribution in [1.82, 2.24) is 30.0 Å². The van der Waals surface area contributed by atoms with E-state index >= 15 is 0 Å². The number of carbonyl (C=O) groups is 4. The molecular weight excluding hydrogens is 991 g/mol. The summed E-state index contributed by atoms with van der Waals surface area (Å²) in [4.78, 5) is 63.4. The normalized spacial score (nSPS) is 20.1. The Hall–Kier alpha value is -7.19. The van der Waals surface area contributed by atoms with Crippen molar-refractivity contribution in [3.05, 3.63) is 143 Å². The highest BCUT2D eigenvalue weighted by Gasteiger charge is 2.54. The fourth-order valence-corrected chi connectivity index (χ4v) is 10.9. The first-order chi connectivity index (χ1) is 35.5. The molecule has 2 aromatic heterocycles. The summed E-state index contributed by atoms with van der Waals surface area (Å²) in [6, 6.07) is 26.3. The van der Waals surface area contributed by atoms with Crippen LogP contribution in [0.25, 0.3) is 21.8 Å². The molecule has 0 radical (unpaired) electrons. The topological polar surface area (TPSA) is 202 Å². The highest BCUT2D eigenvalue weighted by atomic mass is 32.2. The number of amides is 4. The second-order valence-corrected chi connectivity index (χ2v) is 22.6. The van der Waals surface area contributed by atoms with Gasteiger partial charge in [-0.25, -0.2) is 28.0 Å². The van der Waals surface area contributed by atoms with Crippen LogP contribution in [0.15, 0.2) is 109 Å². The van der Waals surface area contributed by atoms with E-state index in [1.165, 1.54) is 29.2 Å². The Kier molecular flexibility index (Phi) is 16.1. The number of likely N-dealkylation sites (tertiary alicyclic amines) is 3. The lowest BCUT2D eigenvalue weighted by atomic mass is 9.88. The summed E-state index contributed by atoms with van der Waals surface area (Å²) in [5.41, 5.74) is 3.07. The largest absolute Gasteiger partial charge is 0.445 e. The third-order valence-corrected chi connectivity index (χ3v) is 13.9. The number of alkyl carbamates (subject to hydrolysis) is 1. The molecule has 0 aliphatic carbocycles. The number of ether oxygens (including phenoxy) is 4. The van der Waals surface area contributed by atoms with Gasteiger partial charge in [-0.1, -0.05) is 60.7 Å². The van der Waals surface area contributed by atoms with Crippen LogP contribution in [0.2, 0.25) is 0 Å². The first kappa shape index (κ1) is 54.1. The van der Waals surface area contributed by atoms with Crippen LogP contribution < -0.4 is 5.32 Å². The van der Waals surface area contributed by atoms with Crippen molar-refractivity contribution in [2.75, 3.05) is 32.4 Å². The third-order valence-electron chi connectivity index (χ3n) is 13.3. The molecule has 75 heavy (non-hydrogen) atoms. The van der Waals surface area contributed by atoms with E-state index < -0.39 is 63.5 Å². The zero-order chi connectivity index (χ0) is 53.8. The Bertz CT molecular complexity index is 3100. The van der Waals surface area contributed by atoms with E-state index in [9.17, 15) is 36.4 Å². The molecule has 9 rings (SSSR count). The Morgan fingerprint density at radius 1 is 0.693 bits per heavy atom. The molecule has 0 unspecified atom stereocenters. The van der Waals surface area contributed by atoms with Gasteiger partial charge in [-0.15, -0.1) is 0 Å². The number of hydrogen-bond acceptors (Lipinski definition) is 11. The molecule has 6 atom stereocenters. The van der Waals surface area contributed by atoms with E-state index in [2.05, 4.69) is 15.3 Å². The number of aromatic amines is 2. The zero-order valence-electron chi connectivity index (χ0n) is 43.0. The molecule has 0 saturated carbocycles. The van der Waals surface area contributed by atoms with Crippen LogP contribution in [0.4, 0.5) is 28.0 Å². The zero-order valence-corrected chi connectivity index (χ0v) is 43.8. The van der Waals surface area contributed by atoms with Crippen LogP contribution >= 0.6 is 0 Å². The quantitative estimate of drug-likeness (QED) is 0.0823. The van der Waals surface area contributed by atoms with Crippen LogP contribution in [-0.4, -0.2) is 125 Å². The Balaban J connectivity index is 0.000000201. The average Bonchev–Trinajstić information content (AvgIpc) is 4.19. The van der Waals surface area contributed by atoms with Crippen LogP contribution in [0.1, 0.15) is 88.5 Å². The van der Waals surface area contributed by atoms with Crippen molar-refractivity contribution >= 4 is 56.3 Å². The summed E-state index contributed by atoms with van der Waals surface area (Å²) in [5, 5.41) is 4.29. The van der Waals surface area contributed by atoms with Crippen molar-refractivity contribution in [3.8, 4) is 0 Å². The van der Waals surface area contributed by atoms with Gasteiger partial charge in [0.2, 0.25) is 0 Å². The van der Waals surface area contributed by atoms with Gasteiger partial charge in [0.1, 0.15) is 36.1 Å². The lowest BCUT2D eigenvalue weighted by molar-refractivity contribution is 0.0140. The number of aromatic nitrogens is 2. The molecular formula is C55H64F2N6O11S. The Labute approximate surface area is 434 Å². The minimum Gasteiger partial charge on any atom is -0.445 e. The van der Waals surface area contributed by atoms with Crippen molar-refractivity contribution in [3.63, 3.8) is 0 Å². The van der Waals surface area contributed by atoms with E-state index in [1.54, 1.807) is 48.9 Å². The predicted octanol–water partition coefficient (Wildman–Crippen LogP) is 10.1. The van der Waals surface area contributed by atoms with E-state index in [0.717, 1.165) is 28.3 Å². The molecule has 17 nitrogen and oxygen atoms in total. The number of carbonyl (C=O) groups excluding carboxylic acids is 4. The highest BCUT2D eigenvalue weighted by Crippen LogP contribution is 2.44. The molecule has 3 fully saturated rings. The van der Waals surface area contributed by atoms with Gasteiger partial charge < -0.3 is 48.9 Å². The van der Waals surface area contributed by atoms with Crippen LogP contribution in [-0.2, 0) is 46.5 Å². The minimum absolute atomic E-state index is 0.0362. The number of hydrogen-bond donors (Lipinski definition) is 3. The fraction of sp³-hybridized carbons (Fsp3) is 0.418. The smallest absolute Gasteiger partial charge is 0.410 e. The van der Waals surface area contributed by atoms with E-state index in [0.29, 0.717) is 41.5 Å². The van der Waals surface area contributed by atoms with Crippen molar-refractivity contribution < 1.29 is 59.5 Å². The number of rotatable bonds is 11. The third kappa shape index (κ3) is 13.4. The number of halogens is 2. The number of fused-ring (bicyclic) bond motifs is 3. The summed E-state index contributed by atoms with van der Waals surface area (Å²) in [6.07, 6.45) is 2.29. The maximum Gasteiger partial charge on any atom is 0.410 e. The van der Waals surface area contributed by atoms with Gasteiger partial charge in [0.25, 0.3) is 10.1 Å². The molecule has 3 aliphatic heterocycles. The highest BCUT2D eigenvalue weighted by molar-refractivity contribution is 7.86. The fourth-order valence-electron chi connectivity index (χ4n) is 10.3. The van der Waals surface area contributed by atoms with E-state index in [1.807, 2.05) is 87.6 Å². The molecule has 20 heteroatoms. The van der Waals surface area contributed by atoms with Gasteiger partial charge in [-0.3, -0.25) is 4.18 Å². The standard InChI is InChI=1S/C28H34FN3O7S.C27H30FN3O4/c1-28(2,3)38-27(34)32-13-12-24(39-40(4,35)36)25(32)22(21-15-30-23-14-19(29)10-11-20(21)23)16-31-26(33)37-17-18-8-6-5-7-9-18;1-27(2,3)35-26(33)30-12-11-23-24(30)21(20-14-29-22-13-18(28)9-10-19(20)22)15-31(23)25(32)34-16-17-7-5-4-6-8-17/h5-11,14-15,22,24-25,30H,12-13,16-17H2,1-4H3,(H,31,33);4-10,13-14,21,23-24,29H,11-12,15-16H2,1-3H3/t22-,24+,25-;21-,23-,24-/m11/s1. The molecule has 3 saturated heterocycles. The van der Waals surface area contributed by atoms with Gasteiger partial charge in [-0.05, 0) is 113 Å². The van der Waals surface area contributed by atoms with Crippen LogP contribution in [0.3, 0.4) is 0 Å². The van der Waals surface area contributed by atoms with E-state index in [4.69, 9.17) is 23.1 Å². The summed E-state index contributed by atoms with van der Waals surface area (Å²) in [5.74, 6) is -1.60. The Morgan fingerprint density at radius 3 is 1.84 bits per heavy atom. The monoisotopic (exact) mass is 1050 g/mol. The summed E-state index contributed by atoms with van der Waals surface area (Å²) < 4.78 is 79.9. The number of nitrogens with zero attached hydrogens (tertiary/aromatic N) is 3. The molecule has 6 aromatic rings. The molecule has 400 valence electrons. The van der Waals surface area contributed by atoms with Gasteiger partial charge in [0.05, 0.1) is 30.5 Å². The van der Waals surface area contributed by atoms with Crippen LogP contribution in [0, 0.1) is 11.6 Å². The van der Waals surface area contributed by atoms with Gasteiger partial charge in [0.15, 0.2) is 0 Å². The molecule has 3 aliphatic rings. The molecule has 5 heterocycles. The predicted molar refractivity (Wildman–Crippen MR) is 276 cm³/mol. The average molecular weight is 1060 g/mol. The SMILES string of the molecule is CC(C)(C)OC(=O)N1CC[C@@H]2[C@H]1[C@@H](c1c[nH]c3cc(F)ccc13)CN2C(=O)OCc1ccccc1.CC(C)(C)OC(=O)N1CC[C@H](OS(C)(=O)=O)[C@H]1[C@H](CNC(=O)OCc1ccccc1)c1c[nH]c2cc(F)ccc12. The number of nitrogens with one attached hydrogen (secondary N) is 3. The summed E-state index contributed by atoms with van der Waals surface area (Å²) in [7, 11) is -3.89. The van der Waals surface area contributed by atoms with Gasteiger partial charge in [-0.2, -0.15) is 8.42 Å². The molecule has 0 spiro atoms. The van der Waals surface area contributed by atoms with Crippen molar-refractivity contribution in [2.45, 2.75) is 115 Å². The van der Waals surface area contributed by atoms with Gasteiger partial charge in [0, 0.05) is 72.2 Å². The maximum atomic E-state index is 14.0. The summed E-state index contributed by atoms with van der Waals surface area (Å²) in [6.45, 7) is 12.0. The Morgan fingerprint density at radius 2 is 1.24 bits per heavy atom. The van der Waals surface area contributed by atoms with Crippen LogP contribution in [0.5, 0.6) is 0 Å².